The SMILES string of the molecule is CCCCCCCCCCCCCCCCc1n(CCCCCCCCCCCCCC)cc[n+]1CCCCCCCCCCCCCC. The van der Waals surface area contributed by atoms with E-state index in [0.717, 1.165) is 0 Å². The summed E-state index contributed by atoms with van der Waals surface area (Å²) >= 11 is 0. The number of rotatable bonds is 41. The molecule has 2 heteroatoms. The summed E-state index contributed by atoms with van der Waals surface area (Å²) in [6.07, 6.45) is 60.8. The van der Waals surface area contributed by atoms with Gasteiger partial charge in [0.2, 0.25) is 0 Å². The number of aryl methyl sites for hydroxylation is 2. The Hall–Kier alpha value is -0.790. The van der Waals surface area contributed by atoms with Crippen LogP contribution in [-0.2, 0) is 19.5 Å². The first-order valence-corrected chi connectivity index (χ1v) is 23.4. The molecule has 0 N–H and O–H groups in total. The number of hydrogen-bond donors (Lipinski definition) is 0. The van der Waals surface area contributed by atoms with Crippen LogP contribution >= 0.6 is 0 Å². The van der Waals surface area contributed by atoms with Crippen molar-refractivity contribution < 1.29 is 4.57 Å². The summed E-state index contributed by atoms with van der Waals surface area (Å²) in [5, 5.41) is 0. The van der Waals surface area contributed by atoms with Crippen molar-refractivity contribution in [2.24, 2.45) is 0 Å². The molecule has 0 radical (unpaired) electrons. The standard InChI is InChI=1S/C47H93N2/c1-4-7-10-13-16-19-22-25-26-27-30-33-36-39-42-47-48(43-40-37-34-31-28-23-20-17-14-11-8-5-2)45-46-49(47)44-41-38-35-32-29-24-21-18-15-12-9-6-3/h45-46H,4-44H2,1-3H3/q+1. The van der Waals surface area contributed by atoms with Crippen molar-refractivity contribution in [2.75, 3.05) is 0 Å². The molecule has 1 aromatic heterocycles. The highest BCUT2D eigenvalue weighted by Gasteiger charge is 2.16. The minimum absolute atomic E-state index is 1.23. The van der Waals surface area contributed by atoms with Crippen molar-refractivity contribution >= 4 is 0 Å². The number of aromatic nitrogens is 2. The Balaban J connectivity index is 2.28. The molecule has 290 valence electrons. The second kappa shape index (κ2) is 38.4. The van der Waals surface area contributed by atoms with Gasteiger partial charge in [0, 0.05) is 6.42 Å². The zero-order valence-electron chi connectivity index (χ0n) is 34.5. The summed E-state index contributed by atoms with van der Waals surface area (Å²) in [6.45, 7) is 9.41. The van der Waals surface area contributed by atoms with Crippen LogP contribution in [0.25, 0.3) is 0 Å². The van der Waals surface area contributed by atoms with E-state index in [1.807, 2.05) is 0 Å². The topological polar surface area (TPSA) is 8.81 Å². The summed E-state index contributed by atoms with van der Waals surface area (Å²) < 4.78 is 5.30. The Bertz CT molecular complexity index is 706. The number of hydrogen-bond acceptors (Lipinski definition) is 0. The first-order chi connectivity index (χ1) is 24.3. The quantitative estimate of drug-likeness (QED) is 0.0479. The second-order valence-electron chi connectivity index (χ2n) is 16.2. The van der Waals surface area contributed by atoms with E-state index >= 15 is 0 Å². The van der Waals surface area contributed by atoms with Crippen LogP contribution in [-0.4, -0.2) is 4.57 Å². The fourth-order valence-electron chi connectivity index (χ4n) is 7.92. The van der Waals surface area contributed by atoms with Crippen LogP contribution in [0.1, 0.15) is 271 Å². The van der Waals surface area contributed by atoms with E-state index in [0.29, 0.717) is 0 Å². The van der Waals surface area contributed by atoms with E-state index in [1.165, 1.54) is 264 Å². The molecule has 1 rings (SSSR count). The fourth-order valence-corrected chi connectivity index (χ4v) is 7.92. The van der Waals surface area contributed by atoms with Crippen molar-refractivity contribution in [3.05, 3.63) is 18.2 Å². The maximum Gasteiger partial charge on any atom is 0.256 e. The van der Waals surface area contributed by atoms with Crippen molar-refractivity contribution in [3.8, 4) is 0 Å². The van der Waals surface area contributed by atoms with Crippen molar-refractivity contribution in [2.45, 2.75) is 284 Å². The maximum absolute atomic E-state index is 2.65. The third-order valence-electron chi connectivity index (χ3n) is 11.3. The molecular formula is C47H93N2+. The Morgan fingerprint density at radius 2 is 0.633 bits per heavy atom. The first-order valence-electron chi connectivity index (χ1n) is 23.4. The Kier molecular flexibility index (Phi) is 36.3. The van der Waals surface area contributed by atoms with Gasteiger partial charge in [-0.15, -0.1) is 0 Å². The van der Waals surface area contributed by atoms with Gasteiger partial charge in [0.1, 0.15) is 12.4 Å². The molecule has 0 aliphatic rings. The average Bonchev–Trinajstić information content (AvgIpc) is 3.50. The molecule has 1 heterocycles. The van der Waals surface area contributed by atoms with Crippen LogP contribution in [0.2, 0.25) is 0 Å². The molecule has 2 nitrogen and oxygen atoms in total. The number of imidazole rings is 1. The van der Waals surface area contributed by atoms with Gasteiger partial charge in [-0.25, -0.2) is 9.13 Å². The molecule has 0 amide bonds. The molecule has 0 unspecified atom stereocenters. The Morgan fingerprint density at radius 3 is 0.980 bits per heavy atom. The lowest BCUT2D eigenvalue weighted by atomic mass is 10.0. The van der Waals surface area contributed by atoms with E-state index in [9.17, 15) is 0 Å². The Labute approximate surface area is 310 Å². The van der Waals surface area contributed by atoms with Gasteiger partial charge >= 0.3 is 0 Å². The van der Waals surface area contributed by atoms with Gasteiger partial charge < -0.3 is 0 Å². The normalized spacial score (nSPS) is 11.7. The summed E-state index contributed by atoms with van der Waals surface area (Å²) in [5.74, 6) is 1.63. The summed E-state index contributed by atoms with van der Waals surface area (Å²) in [7, 11) is 0. The number of unbranched alkanes of at least 4 members (excludes halogenated alkanes) is 35. The average molecular weight is 686 g/mol. The first kappa shape index (κ1) is 46.2. The molecule has 0 aromatic carbocycles. The van der Waals surface area contributed by atoms with Crippen LogP contribution in [0.3, 0.4) is 0 Å². The van der Waals surface area contributed by atoms with E-state index in [-0.39, 0.29) is 0 Å². The smallest absolute Gasteiger partial charge is 0.234 e. The monoisotopic (exact) mass is 686 g/mol. The molecule has 49 heavy (non-hydrogen) atoms. The van der Waals surface area contributed by atoms with Gasteiger partial charge in [0.25, 0.3) is 5.82 Å². The maximum atomic E-state index is 2.65. The van der Waals surface area contributed by atoms with Gasteiger partial charge in [-0.1, -0.05) is 233 Å². The molecule has 0 saturated carbocycles. The molecule has 1 aromatic rings. The van der Waals surface area contributed by atoms with Crippen molar-refractivity contribution in [1.29, 1.82) is 0 Å². The van der Waals surface area contributed by atoms with E-state index in [4.69, 9.17) is 0 Å². The van der Waals surface area contributed by atoms with Crippen molar-refractivity contribution in [1.82, 2.24) is 4.57 Å². The van der Waals surface area contributed by atoms with Crippen LogP contribution in [0.5, 0.6) is 0 Å². The lowest BCUT2D eigenvalue weighted by molar-refractivity contribution is -0.704. The lowest BCUT2D eigenvalue weighted by Crippen LogP contribution is -2.37. The van der Waals surface area contributed by atoms with Gasteiger partial charge in [0.15, 0.2) is 0 Å². The summed E-state index contributed by atoms with van der Waals surface area (Å²) in [4.78, 5) is 0. The van der Waals surface area contributed by atoms with Crippen LogP contribution in [0, 0.1) is 0 Å². The molecule has 0 fully saturated rings. The highest BCUT2D eigenvalue weighted by Crippen LogP contribution is 2.16. The predicted molar refractivity (Wildman–Crippen MR) is 221 cm³/mol. The van der Waals surface area contributed by atoms with E-state index in [1.54, 1.807) is 5.82 Å². The zero-order chi connectivity index (χ0) is 35.1. The molecule has 0 saturated heterocycles. The molecule has 0 bridgehead atoms. The van der Waals surface area contributed by atoms with Crippen LogP contribution in [0.15, 0.2) is 12.4 Å². The van der Waals surface area contributed by atoms with Crippen molar-refractivity contribution in [3.63, 3.8) is 0 Å². The van der Waals surface area contributed by atoms with E-state index < -0.39 is 0 Å². The molecule has 0 aliphatic heterocycles. The number of nitrogens with zero attached hydrogens (tertiary/aromatic N) is 2. The summed E-state index contributed by atoms with van der Waals surface area (Å²) in [5.41, 5.74) is 0. The highest BCUT2D eigenvalue weighted by atomic mass is 15.1. The predicted octanol–water partition coefficient (Wildman–Crippen LogP) is 16.2. The molecule has 0 aliphatic carbocycles. The molecule has 0 atom stereocenters. The third-order valence-corrected chi connectivity index (χ3v) is 11.3. The van der Waals surface area contributed by atoms with Gasteiger partial charge in [0.05, 0.1) is 13.1 Å². The highest BCUT2D eigenvalue weighted by molar-refractivity contribution is 4.84. The lowest BCUT2D eigenvalue weighted by Gasteiger charge is -2.07. The molecule has 0 spiro atoms. The second-order valence-corrected chi connectivity index (χ2v) is 16.2. The van der Waals surface area contributed by atoms with Gasteiger partial charge in [-0.2, -0.15) is 0 Å². The van der Waals surface area contributed by atoms with Gasteiger partial charge in [-0.3, -0.25) is 0 Å². The third kappa shape index (κ3) is 30.5. The largest absolute Gasteiger partial charge is 0.256 e. The zero-order valence-corrected chi connectivity index (χ0v) is 34.5. The minimum Gasteiger partial charge on any atom is -0.234 e. The fraction of sp³-hybridized carbons (Fsp3) is 0.936. The van der Waals surface area contributed by atoms with Crippen LogP contribution in [0.4, 0.5) is 0 Å². The molecular weight excluding hydrogens is 593 g/mol. The minimum atomic E-state index is 1.23. The van der Waals surface area contributed by atoms with Gasteiger partial charge in [-0.05, 0) is 32.1 Å². The summed E-state index contributed by atoms with van der Waals surface area (Å²) in [6, 6.07) is 0. The van der Waals surface area contributed by atoms with E-state index in [2.05, 4.69) is 42.3 Å². The Morgan fingerprint density at radius 1 is 0.347 bits per heavy atom. The van der Waals surface area contributed by atoms with Crippen LogP contribution < -0.4 is 4.57 Å².